The molecule has 1 aromatic rings. The van der Waals surface area contributed by atoms with Gasteiger partial charge in [-0.25, -0.2) is 0 Å². The minimum atomic E-state index is 0.316. The summed E-state index contributed by atoms with van der Waals surface area (Å²) in [5.74, 6) is 0.316. The molecular weight excluding hydrogens is 320 g/mol. The number of carbonyl (C=O) groups is 1. The fourth-order valence-electron chi connectivity index (χ4n) is 3.50. The van der Waals surface area contributed by atoms with Crippen molar-refractivity contribution in [2.24, 2.45) is 0 Å². The van der Waals surface area contributed by atoms with E-state index < -0.39 is 0 Å². The number of carbonyl (C=O) groups excluding carboxylic acids is 1. The fraction of sp³-hybridized carbons (Fsp3) is 0.609. The third kappa shape index (κ3) is 8.18. The number of hydrogen-bond donors (Lipinski definition) is 0. The van der Waals surface area contributed by atoms with Crippen LogP contribution in [0.4, 0.5) is 0 Å². The molecule has 1 aliphatic rings. The number of unbranched alkanes of at least 4 members (excludes halogenated alkanes) is 3. The molecule has 0 aliphatic carbocycles. The van der Waals surface area contributed by atoms with Crippen LogP contribution in [0.1, 0.15) is 63.9 Å². The SMILES string of the molecule is CCCCCCC(=O)N(C/C=C/c1ccccc1)CCN1CCCCC1. The molecule has 144 valence electrons. The minimum Gasteiger partial charge on any atom is -0.338 e. The average Bonchev–Trinajstić information content (AvgIpc) is 2.69. The summed E-state index contributed by atoms with van der Waals surface area (Å²) in [5, 5.41) is 0. The molecule has 3 heteroatoms. The van der Waals surface area contributed by atoms with Crippen molar-refractivity contribution in [3.63, 3.8) is 0 Å². The molecule has 0 unspecified atom stereocenters. The number of hydrogen-bond acceptors (Lipinski definition) is 2. The van der Waals surface area contributed by atoms with Crippen LogP contribution in [-0.2, 0) is 4.79 Å². The topological polar surface area (TPSA) is 23.6 Å². The second kappa shape index (κ2) is 12.7. The second-order valence-electron chi connectivity index (χ2n) is 7.37. The maximum absolute atomic E-state index is 12.7. The highest BCUT2D eigenvalue weighted by molar-refractivity contribution is 5.76. The van der Waals surface area contributed by atoms with Gasteiger partial charge in [-0.15, -0.1) is 0 Å². The Bertz CT molecular complexity index is 520. The van der Waals surface area contributed by atoms with Crippen LogP contribution in [0.5, 0.6) is 0 Å². The maximum Gasteiger partial charge on any atom is 0.222 e. The fourth-order valence-corrected chi connectivity index (χ4v) is 3.50. The lowest BCUT2D eigenvalue weighted by atomic mass is 10.1. The van der Waals surface area contributed by atoms with E-state index in [0.717, 1.165) is 26.1 Å². The van der Waals surface area contributed by atoms with E-state index in [-0.39, 0.29) is 0 Å². The summed E-state index contributed by atoms with van der Waals surface area (Å²) >= 11 is 0. The number of piperidine rings is 1. The molecule has 26 heavy (non-hydrogen) atoms. The molecule has 0 N–H and O–H groups in total. The molecular formula is C23H36N2O. The zero-order valence-electron chi connectivity index (χ0n) is 16.5. The Labute approximate surface area is 160 Å². The summed E-state index contributed by atoms with van der Waals surface area (Å²) in [6.07, 6.45) is 13.6. The summed E-state index contributed by atoms with van der Waals surface area (Å²) in [5.41, 5.74) is 1.19. The molecule has 0 radical (unpaired) electrons. The molecule has 1 aromatic carbocycles. The van der Waals surface area contributed by atoms with E-state index in [2.05, 4.69) is 41.0 Å². The lowest BCUT2D eigenvalue weighted by molar-refractivity contribution is -0.131. The monoisotopic (exact) mass is 356 g/mol. The van der Waals surface area contributed by atoms with Gasteiger partial charge in [0.1, 0.15) is 0 Å². The third-order valence-electron chi connectivity index (χ3n) is 5.17. The van der Waals surface area contributed by atoms with Crippen molar-refractivity contribution in [2.45, 2.75) is 58.3 Å². The van der Waals surface area contributed by atoms with Crippen molar-refractivity contribution in [3.8, 4) is 0 Å². The second-order valence-corrected chi connectivity index (χ2v) is 7.37. The van der Waals surface area contributed by atoms with E-state index in [9.17, 15) is 4.79 Å². The van der Waals surface area contributed by atoms with Gasteiger partial charge in [0.25, 0.3) is 0 Å². The Morgan fingerprint density at radius 3 is 2.58 bits per heavy atom. The molecule has 1 saturated heterocycles. The van der Waals surface area contributed by atoms with Gasteiger partial charge in [-0.3, -0.25) is 4.79 Å². The molecule has 0 saturated carbocycles. The molecule has 1 heterocycles. The van der Waals surface area contributed by atoms with Crippen molar-refractivity contribution in [1.29, 1.82) is 0 Å². The Morgan fingerprint density at radius 1 is 1.08 bits per heavy atom. The lowest BCUT2D eigenvalue weighted by Crippen LogP contribution is -2.40. The van der Waals surface area contributed by atoms with Crippen molar-refractivity contribution >= 4 is 12.0 Å². The average molecular weight is 357 g/mol. The van der Waals surface area contributed by atoms with Crippen molar-refractivity contribution in [2.75, 3.05) is 32.7 Å². The zero-order valence-corrected chi connectivity index (χ0v) is 16.5. The summed E-state index contributed by atoms with van der Waals surface area (Å²) in [4.78, 5) is 17.3. The third-order valence-corrected chi connectivity index (χ3v) is 5.17. The molecule has 2 rings (SSSR count). The maximum atomic E-state index is 12.7. The first-order chi connectivity index (χ1) is 12.8. The zero-order chi connectivity index (χ0) is 18.5. The molecule has 1 amide bonds. The van der Waals surface area contributed by atoms with E-state index in [1.54, 1.807) is 0 Å². The first-order valence-corrected chi connectivity index (χ1v) is 10.5. The number of likely N-dealkylation sites (tertiary alicyclic amines) is 1. The summed E-state index contributed by atoms with van der Waals surface area (Å²) in [6, 6.07) is 10.3. The Kier molecular flexibility index (Phi) is 10.1. The van der Waals surface area contributed by atoms with Crippen LogP contribution >= 0.6 is 0 Å². The van der Waals surface area contributed by atoms with Crippen molar-refractivity contribution < 1.29 is 4.79 Å². The standard InChI is InChI=1S/C23H36N2O/c1-2-3-4-9-16-23(26)25(21-20-24-17-10-6-11-18-24)19-12-15-22-13-7-5-8-14-22/h5,7-8,12-15H,2-4,6,9-11,16-21H2,1H3/b15-12+. The highest BCUT2D eigenvalue weighted by Gasteiger charge is 2.15. The smallest absolute Gasteiger partial charge is 0.222 e. The van der Waals surface area contributed by atoms with Crippen LogP contribution in [0.15, 0.2) is 36.4 Å². The Balaban J connectivity index is 1.84. The van der Waals surface area contributed by atoms with Crippen LogP contribution < -0.4 is 0 Å². The highest BCUT2D eigenvalue weighted by atomic mass is 16.2. The van der Waals surface area contributed by atoms with Gasteiger partial charge in [-0.2, -0.15) is 0 Å². The first kappa shape index (κ1) is 20.7. The Hall–Kier alpha value is -1.61. The van der Waals surface area contributed by atoms with Crippen LogP contribution in [0.2, 0.25) is 0 Å². The van der Waals surface area contributed by atoms with Gasteiger partial charge in [0.2, 0.25) is 5.91 Å². The molecule has 0 bridgehead atoms. The van der Waals surface area contributed by atoms with Gasteiger partial charge in [-0.1, -0.05) is 75.1 Å². The summed E-state index contributed by atoms with van der Waals surface area (Å²) in [6.45, 7) is 7.18. The highest BCUT2D eigenvalue weighted by Crippen LogP contribution is 2.10. The van der Waals surface area contributed by atoms with Gasteiger partial charge >= 0.3 is 0 Å². The predicted molar refractivity (Wildman–Crippen MR) is 111 cm³/mol. The van der Waals surface area contributed by atoms with E-state index >= 15 is 0 Å². The summed E-state index contributed by atoms with van der Waals surface area (Å²) < 4.78 is 0. The Morgan fingerprint density at radius 2 is 1.85 bits per heavy atom. The molecule has 0 aromatic heterocycles. The van der Waals surface area contributed by atoms with E-state index in [4.69, 9.17) is 0 Å². The van der Waals surface area contributed by atoms with Gasteiger partial charge in [0.05, 0.1) is 0 Å². The van der Waals surface area contributed by atoms with E-state index in [1.165, 1.54) is 57.2 Å². The minimum absolute atomic E-state index is 0.316. The number of rotatable bonds is 11. The van der Waals surface area contributed by atoms with E-state index in [1.807, 2.05) is 18.2 Å². The molecule has 1 aliphatic heterocycles. The molecule has 3 nitrogen and oxygen atoms in total. The molecule has 0 atom stereocenters. The van der Waals surface area contributed by atoms with Crippen LogP contribution in [0, 0.1) is 0 Å². The van der Waals surface area contributed by atoms with Gasteiger partial charge in [0.15, 0.2) is 0 Å². The van der Waals surface area contributed by atoms with Crippen molar-refractivity contribution in [3.05, 3.63) is 42.0 Å². The normalized spacial score (nSPS) is 15.4. The number of nitrogens with zero attached hydrogens (tertiary/aromatic N) is 2. The van der Waals surface area contributed by atoms with Gasteiger partial charge in [0, 0.05) is 26.1 Å². The van der Waals surface area contributed by atoms with Crippen LogP contribution in [0.3, 0.4) is 0 Å². The van der Waals surface area contributed by atoms with Crippen LogP contribution in [-0.4, -0.2) is 48.4 Å². The van der Waals surface area contributed by atoms with E-state index in [0.29, 0.717) is 12.3 Å². The van der Waals surface area contributed by atoms with Gasteiger partial charge in [-0.05, 0) is 37.9 Å². The van der Waals surface area contributed by atoms with Crippen molar-refractivity contribution in [1.82, 2.24) is 9.80 Å². The largest absolute Gasteiger partial charge is 0.338 e. The van der Waals surface area contributed by atoms with Crippen LogP contribution in [0.25, 0.3) is 6.08 Å². The quantitative estimate of drug-likeness (QED) is 0.522. The number of benzene rings is 1. The predicted octanol–water partition coefficient (Wildman–Crippen LogP) is 4.98. The van der Waals surface area contributed by atoms with Gasteiger partial charge < -0.3 is 9.80 Å². The molecule has 1 fully saturated rings. The number of amides is 1. The first-order valence-electron chi connectivity index (χ1n) is 10.5. The summed E-state index contributed by atoms with van der Waals surface area (Å²) in [7, 11) is 0. The molecule has 0 spiro atoms. The lowest BCUT2D eigenvalue weighted by Gasteiger charge is -2.29.